The largest absolute Gasteiger partial charge is 0.370 e. The van der Waals surface area contributed by atoms with E-state index in [9.17, 15) is 24.0 Å². The summed E-state index contributed by atoms with van der Waals surface area (Å²) in [5, 5.41) is 7.80. The van der Waals surface area contributed by atoms with Crippen LogP contribution in [0, 0.1) is 0 Å². The number of hydrogen-bond acceptors (Lipinski definition) is 8. The minimum absolute atomic E-state index is 0.0903. The number of carbonyl (C=O) groups is 5. The van der Waals surface area contributed by atoms with E-state index in [1.807, 2.05) is 6.92 Å². The predicted molar refractivity (Wildman–Crippen MR) is 158 cm³/mol. The van der Waals surface area contributed by atoms with Gasteiger partial charge in [0.1, 0.15) is 18.1 Å². The number of nitrogens with two attached hydrogens (primary N) is 6. The van der Waals surface area contributed by atoms with Crippen molar-refractivity contribution in [2.24, 2.45) is 44.4 Å². The molecule has 17 heteroatoms. The third kappa shape index (κ3) is 13.5. The van der Waals surface area contributed by atoms with Crippen LogP contribution in [0.5, 0.6) is 0 Å². The van der Waals surface area contributed by atoms with Crippen molar-refractivity contribution in [2.75, 3.05) is 26.2 Å². The Morgan fingerprint density at radius 1 is 0.833 bits per heavy atom. The van der Waals surface area contributed by atoms with Crippen LogP contribution in [0.4, 0.5) is 0 Å². The van der Waals surface area contributed by atoms with E-state index < -0.39 is 60.2 Å². The molecule has 1 heterocycles. The smallest absolute Gasteiger partial charge is 0.245 e. The van der Waals surface area contributed by atoms with Gasteiger partial charge in [0.25, 0.3) is 0 Å². The van der Waals surface area contributed by atoms with Gasteiger partial charge in [0.2, 0.25) is 29.5 Å². The highest BCUT2D eigenvalue weighted by molar-refractivity contribution is 5.95. The first kappa shape index (κ1) is 35.9. The van der Waals surface area contributed by atoms with Gasteiger partial charge >= 0.3 is 0 Å². The Morgan fingerprint density at radius 3 is 1.98 bits per heavy atom. The van der Waals surface area contributed by atoms with Crippen molar-refractivity contribution in [3.05, 3.63) is 0 Å². The third-order valence-electron chi connectivity index (χ3n) is 6.62. The minimum atomic E-state index is -1.03. The molecule has 5 amide bonds. The number of nitrogens with zero attached hydrogens (tertiary/aromatic N) is 3. The Morgan fingerprint density at radius 2 is 1.43 bits per heavy atom. The van der Waals surface area contributed by atoms with E-state index >= 15 is 0 Å². The number of primary amides is 1. The van der Waals surface area contributed by atoms with Gasteiger partial charge in [0.05, 0.1) is 12.6 Å². The molecule has 0 aromatic rings. The van der Waals surface area contributed by atoms with Crippen LogP contribution in [0.2, 0.25) is 0 Å². The van der Waals surface area contributed by atoms with E-state index in [-0.39, 0.29) is 44.4 Å². The summed E-state index contributed by atoms with van der Waals surface area (Å²) >= 11 is 0. The molecular formula is C25H48N12O5. The van der Waals surface area contributed by atoms with Crippen molar-refractivity contribution in [1.29, 1.82) is 0 Å². The summed E-state index contributed by atoms with van der Waals surface area (Å²) in [5.74, 6) is -3.02. The van der Waals surface area contributed by atoms with Gasteiger partial charge in [-0.2, -0.15) is 0 Å². The van der Waals surface area contributed by atoms with Gasteiger partial charge in [0.15, 0.2) is 11.9 Å². The van der Waals surface area contributed by atoms with E-state index in [2.05, 4.69) is 25.9 Å². The molecule has 0 aliphatic carbocycles. The standard InChI is InChI=1S/C25H48N12O5/c1-2-3-7-15(26)20(39)36-17(9-5-12-33-25(30)31)23(42)37-13-6-10-18(37)22(41)35-16(8-4-11-32-24(28)29)21(40)34-14-19(27)38/h15-18H,2-14,26H2,1H3,(H2,27,38)(H,34,40)(H,35,41)(H,36,39)(H4,28,29,32)(H4,30,31,33)/t15-,16-,17-,18-/m0/s1. The number of rotatable bonds is 19. The number of amides is 5. The van der Waals surface area contributed by atoms with Crippen LogP contribution in [0.25, 0.3) is 0 Å². The number of aliphatic imine (C=N–C) groups is 2. The summed E-state index contributed by atoms with van der Waals surface area (Å²) in [4.78, 5) is 72.9. The SMILES string of the molecule is CCCC[C@H](N)C(=O)N[C@@H](CCCN=C(N)N)C(=O)N1CCC[C@H]1C(=O)N[C@@H](CCCN=C(N)N)C(=O)NCC(N)=O. The molecule has 238 valence electrons. The predicted octanol–water partition coefficient (Wildman–Crippen LogP) is -3.83. The maximum Gasteiger partial charge on any atom is 0.245 e. The van der Waals surface area contributed by atoms with Gasteiger partial charge in [-0.1, -0.05) is 19.8 Å². The number of carbonyl (C=O) groups excluding carboxylic acids is 5. The maximum absolute atomic E-state index is 13.7. The van der Waals surface area contributed by atoms with Crippen molar-refractivity contribution < 1.29 is 24.0 Å². The zero-order chi connectivity index (χ0) is 31.7. The molecule has 15 N–H and O–H groups in total. The first-order valence-electron chi connectivity index (χ1n) is 14.2. The highest BCUT2D eigenvalue weighted by Gasteiger charge is 2.39. The highest BCUT2D eigenvalue weighted by Crippen LogP contribution is 2.20. The zero-order valence-corrected chi connectivity index (χ0v) is 24.3. The van der Waals surface area contributed by atoms with Gasteiger partial charge < -0.3 is 55.3 Å². The van der Waals surface area contributed by atoms with E-state index in [0.717, 1.165) is 12.8 Å². The van der Waals surface area contributed by atoms with Crippen LogP contribution in [-0.4, -0.2) is 96.7 Å². The lowest BCUT2D eigenvalue weighted by Gasteiger charge is -2.30. The van der Waals surface area contributed by atoms with E-state index in [4.69, 9.17) is 34.4 Å². The first-order chi connectivity index (χ1) is 19.9. The summed E-state index contributed by atoms with van der Waals surface area (Å²) in [6.07, 6.45) is 4.10. The van der Waals surface area contributed by atoms with Gasteiger partial charge in [0, 0.05) is 19.6 Å². The summed E-state index contributed by atoms with van der Waals surface area (Å²) in [7, 11) is 0. The molecule has 4 atom stereocenters. The van der Waals surface area contributed by atoms with Crippen molar-refractivity contribution in [1.82, 2.24) is 20.9 Å². The molecule has 1 aliphatic heterocycles. The summed E-state index contributed by atoms with van der Waals surface area (Å²) in [5.41, 5.74) is 32.6. The average Bonchev–Trinajstić information content (AvgIpc) is 3.43. The van der Waals surface area contributed by atoms with Gasteiger partial charge in [-0.05, 0) is 44.9 Å². The molecule has 1 saturated heterocycles. The fourth-order valence-electron chi connectivity index (χ4n) is 4.44. The molecule has 0 saturated carbocycles. The minimum Gasteiger partial charge on any atom is -0.370 e. The number of hydrogen-bond donors (Lipinski definition) is 9. The second kappa shape index (κ2) is 19.1. The Labute approximate surface area is 246 Å². The number of guanidine groups is 2. The first-order valence-corrected chi connectivity index (χ1v) is 14.2. The van der Waals surface area contributed by atoms with Crippen molar-refractivity contribution in [3.63, 3.8) is 0 Å². The highest BCUT2D eigenvalue weighted by atomic mass is 16.2. The van der Waals surface area contributed by atoms with Gasteiger partial charge in [-0.25, -0.2) is 0 Å². The quantitative estimate of drug-likeness (QED) is 0.0397. The van der Waals surface area contributed by atoms with Crippen LogP contribution in [0.15, 0.2) is 9.98 Å². The Kier molecular flexibility index (Phi) is 16.3. The lowest BCUT2D eigenvalue weighted by molar-refractivity contribution is -0.142. The van der Waals surface area contributed by atoms with Crippen LogP contribution >= 0.6 is 0 Å². The van der Waals surface area contributed by atoms with Crippen LogP contribution < -0.4 is 50.4 Å². The summed E-state index contributed by atoms with van der Waals surface area (Å²) < 4.78 is 0. The molecule has 42 heavy (non-hydrogen) atoms. The van der Waals surface area contributed by atoms with Gasteiger partial charge in [-0.3, -0.25) is 34.0 Å². The fraction of sp³-hybridized carbons (Fsp3) is 0.720. The molecule has 17 nitrogen and oxygen atoms in total. The Hall–Kier alpha value is -4.15. The van der Waals surface area contributed by atoms with Crippen molar-refractivity contribution >= 4 is 41.5 Å². The summed E-state index contributed by atoms with van der Waals surface area (Å²) in [6.45, 7) is 2.31. The zero-order valence-electron chi connectivity index (χ0n) is 24.3. The molecule has 1 fully saturated rings. The van der Waals surface area contributed by atoms with E-state index in [1.165, 1.54) is 4.90 Å². The van der Waals surface area contributed by atoms with Crippen LogP contribution in [-0.2, 0) is 24.0 Å². The van der Waals surface area contributed by atoms with Gasteiger partial charge in [-0.15, -0.1) is 0 Å². The molecule has 1 aliphatic rings. The molecule has 1 rings (SSSR count). The maximum atomic E-state index is 13.7. The monoisotopic (exact) mass is 596 g/mol. The topological polar surface area (TPSA) is 306 Å². The Balaban J connectivity index is 3.04. The molecule has 0 aromatic heterocycles. The van der Waals surface area contributed by atoms with Crippen LogP contribution in [0.3, 0.4) is 0 Å². The van der Waals surface area contributed by atoms with E-state index in [1.54, 1.807) is 0 Å². The van der Waals surface area contributed by atoms with Crippen molar-refractivity contribution in [3.8, 4) is 0 Å². The fourth-order valence-corrected chi connectivity index (χ4v) is 4.44. The molecular weight excluding hydrogens is 548 g/mol. The summed E-state index contributed by atoms with van der Waals surface area (Å²) in [6, 6.07) is -3.65. The lowest BCUT2D eigenvalue weighted by atomic mass is 10.1. The van der Waals surface area contributed by atoms with Crippen LogP contribution in [0.1, 0.15) is 64.7 Å². The third-order valence-corrected chi connectivity index (χ3v) is 6.62. The van der Waals surface area contributed by atoms with E-state index in [0.29, 0.717) is 32.1 Å². The van der Waals surface area contributed by atoms with Crippen molar-refractivity contribution in [2.45, 2.75) is 88.9 Å². The normalized spacial score (nSPS) is 16.4. The molecule has 0 spiro atoms. The second-order valence-electron chi connectivity index (χ2n) is 10.1. The molecule has 0 radical (unpaired) electrons. The lowest BCUT2D eigenvalue weighted by Crippen LogP contribution is -2.57. The molecule has 0 unspecified atom stereocenters. The average molecular weight is 597 g/mol. The molecule has 0 bridgehead atoms. The number of nitrogens with one attached hydrogen (secondary N) is 3. The number of likely N-dealkylation sites (tertiary alicyclic amines) is 1. The second-order valence-corrected chi connectivity index (χ2v) is 10.1. The Bertz CT molecular complexity index is 981. The number of unbranched alkanes of at least 4 members (excludes halogenated alkanes) is 1. The molecule has 0 aromatic carbocycles.